The predicted octanol–water partition coefficient (Wildman–Crippen LogP) is 2.78. The average Bonchev–Trinajstić information content (AvgIpc) is 2.87. The highest BCUT2D eigenvalue weighted by molar-refractivity contribution is 5.02. The van der Waals surface area contributed by atoms with Gasteiger partial charge in [0.05, 0.1) is 12.0 Å². The molecule has 3 unspecified atom stereocenters. The van der Waals surface area contributed by atoms with Crippen LogP contribution >= 0.6 is 0 Å². The highest BCUT2D eigenvalue weighted by atomic mass is 19.4. The molecule has 0 bridgehead atoms. The lowest BCUT2D eigenvalue weighted by Gasteiger charge is -2.34. The number of imidazole rings is 1. The Morgan fingerprint density at radius 3 is 2.85 bits per heavy atom. The molecule has 0 spiro atoms. The van der Waals surface area contributed by atoms with Gasteiger partial charge in [-0.1, -0.05) is 6.42 Å². The lowest BCUT2D eigenvalue weighted by Crippen LogP contribution is -2.39. The van der Waals surface area contributed by atoms with Crippen LogP contribution in [-0.4, -0.2) is 15.7 Å². The number of hydrazine groups is 1. The third-order valence-corrected chi connectivity index (χ3v) is 4.20. The number of halogens is 3. The molecule has 7 heteroatoms. The summed E-state index contributed by atoms with van der Waals surface area (Å²) in [5.74, 6) is 4.96. The second-order valence-electron chi connectivity index (χ2n) is 5.38. The summed E-state index contributed by atoms with van der Waals surface area (Å²) in [5.41, 5.74) is 2.67. The average molecular weight is 290 g/mol. The second kappa shape index (κ2) is 6.13. The molecule has 0 aliphatic heterocycles. The highest BCUT2D eigenvalue weighted by Crippen LogP contribution is 2.43. The maximum Gasteiger partial charge on any atom is 0.391 e. The van der Waals surface area contributed by atoms with Gasteiger partial charge in [-0.2, -0.15) is 13.2 Å². The molecule has 2 rings (SSSR count). The minimum atomic E-state index is -4.11. The van der Waals surface area contributed by atoms with Gasteiger partial charge >= 0.3 is 6.18 Å². The number of nitrogens with zero attached hydrogens (tertiary/aromatic N) is 2. The molecule has 4 nitrogen and oxygen atoms in total. The maximum absolute atomic E-state index is 12.9. The fourth-order valence-electron chi connectivity index (χ4n) is 3.12. The lowest BCUT2D eigenvalue weighted by molar-refractivity contribution is -0.186. The molecule has 1 saturated carbocycles. The van der Waals surface area contributed by atoms with Gasteiger partial charge in [-0.25, -0.2) is 10.4 Å². The minimum absolute atomic E-state index is 0.120. The van der Waals surface area contributed by atoms with E-state index in [1.807, 2.05) is 17.7 Å². The van der Waals surface area contributed by atoms with E-state index < -0.39 is 12.1 Å². The Morgan fingerprint density at radius 1 is 1.50 bits per heavy atom. The van der Waals surface area contributed by atoms with Crippen molar-refractivity contribution in [1.82, 2.24) is 15.0 Å². The Balaban J connectivity index is 2.15. The number of hydrogen-bond acceptors (Lipinski definition) is 3. The van der Waals surface area contributed by atoms with Crippen molar-refractivity contribution >= 4 is 0 Å². The molecule has 1 aromatic heterocycles. The van der Waals surface area contributed by atoms with Gasteiger partial charge in [0, 0.05) is 18.9 Å². The van der Waals surface area contributed by atoms with E-state index in [9.17, 15) is 13.2 Å². The fraction of sp³-hybridized carbons (Fsp3) is 0.769. The Morgan fingerprint density at radius 2 is 2.25 bits per heavy atom. The molecule has 3 N–H and O–H groups in total. The van der Waals surface area contributed by atoms with Gasteiger partial charge in [-0.15, -0.1) is 0 Å². The van der Waals surface area contributed by atoms with Crippen LogP contribution in [0.2, 0.25) is 0 Å². The van der Waals surface area contributed by atoms with E-state index in [1.165, 1.54) is 0 Å². The summed E-state index contributed by atoms with van der Waals surface area (Å²) in [6.07, 6.45) is 1.04. The van der Waals surface area contributed by atoms with E-state index in [0.717, 1.165) is 18.8 Å². The van der Waals surface area contributed by atoms with Crippen molar-refractivity contribution in [3.8, 4) is 0 Å². The lowest BCUT2D eigenvalue weighted by atomic mass is 9.77. The zero-order valence-electron chi connectivity index (χ0n) is 11.5. The van der Waals surface area contributed by atoms with Crippen LogP contribution in [0, 0.1) is 11.8 Å². The summed E-state index contributed by atoms with van der Waals surface area (Å²) in [6, 6.07) is -0.324. The van der Waals surface area contributed by atoms with Gasteiger partial charge in [0.15, 0.2) is 0 Å². The molecular formula is C13H21F3N4. The number of nitrogens with one attached hydrogen (secondary N) is 1. The smallest absolute Gasteiger partial charge is 0.334 e. The van der Waals surface area contributed by atoms with Gasteiger partial charge in [0.1, 0.15) is 5.82 Å². The van der Waals surface area contributed by atoms with Crippen molar-refractivity contribution in [1.29, 1.82) is 0 Å². The van der Waals surface area contributed by atoms with Crippen LogP contribution in [0.4, 0.5) is 13.2 Å². The first-order chi connectivity index (χ1) is 9.47. The monoisotopic (exact) mass is 290 g/mol. The summed E-state index contributed by atoms with van der Waals surface area (Å²) in [7, 11) is 0. The summed E-state index contributed by atoms with van der Waals surface area (Å²) in [5, 5.41) is 0. The molecule has 0 amide bonds. The van der Waals surface area contributed by atoms with E-state index in [0.29, 0.717) is 6.42 Å². The molecule has 1 fully saturated rings. The van der Waals surface area contributed by atoms with E-state index in [-0.39, 0.29) is 24.8 Å². The van der Waals surface area contributed by atoms with E-state index in [1.54, 1.807) is 6.20 Å². The van der Waals surface area contributed by atoms with Crippen LogP contribution in [0.15, 0.2) is 12.4 Å². The summed E-state index contributed by atoms with van der Waals surface area (Å²) >= 11 is 0. The molecule has 0 radical (unpaired) electrons. The summed E-state index contributed by atoms with van der Waals surface area (Å²) in [6.45, 7) is 2.70. The van der Waals surface area contributed by atoms with Crippen LogP contribution in [0.3, 0.4) is 0 Å². The SMILES string of the molecule is CCn1ccnc1C(NN)C1CCCC(C(F)(F)F)C1. The van der Waals surface area contributed by atoms with Crippen molar-refractivity contribution in [2.24, 2.45) is 17.7 Å². The zero-order chi connectivity index (χ0) is 14.8. The molecule has 1 aliphatic carbocycles. The molecule has 1 aliphatic rings. The zero-order valence-corrected chi connectivity index (χ0v) is 11.5. The number of aryl methyl sites for hydroxylation is 1. The van der Waals surface area contributed by atoms with E-state index in [2.05, 4.69) is 10.4 Å². The molecule has 114 valence electrons. The Bertz CT molecular complexity index is 429. The van der Waals surface area contributed by atoms with E-state index in [4.69, 9.17) is 5.84 Å². The largest absolute Gasteiger partial charge is 0.391 e. The first kappa shape index (κ1) is 15.3. The van der Waals surface area contributed by atoms with Crippen LogP contribution in [0.1, 0.15) is 44.5 Å². The highest BCUT2D eigenvalue weighted by Gasteiger charge is 2.44. The van der Waals surface area contributed by atoms with Gasteiger partial charge in [-0.05, 0) is 32.1 Å². The van der Waals surface area contributed by atoms with Gasteiger partial charge in [0.25, 0.3) is 0 Å². The Labute approximate surface area is 116 Å². The number of nitrogens with two attached hydrogens (primary N) is 1. The summed E-state index contributed by atoms with van der Waals surface area (Å²) < 4.78 is 40.6. The topological polar surface area (TPSA) is 55.9 Å². The second-order valence-corrected chi connectivity index (χ2v) is 5.38. The summed E-state index contributed by atoms with van der Waals surface area (Å²) in [4.78, 5) is 4.26. The molecule has 20 heavy (non-hydrogen) atoms. The predicted molar refractivity (Wildman–Crippen MR) is 69.5 cm³/mol. The first-order valence-corrected chi connectivity index (χ1v) is 7.01. The Hall–Kier alpha value is -1.08. The van der Waals surface area contributed by atoms with Crippen LogP contribution in [0.5, 0.6) is 0 Å². The fourth-order valence-corrected chi connectivity index (χ4v) is 3.12. The van der Waals surface area contributed by atoms with Crippen molar-refractivity contribution in [2.45, 2.75) is 51.4 Å². The third-order valence-electron chi connectivity index (χ3n) is 4.20. The third kappa shape index (κ3) is 3.15. The number of hydrogen-bond donors (Lipinski definition) is 2. The molecule has 0 aromatic carbocycles. The standard InChI is InChI=1S/C13H21F3N4/c1-2-20-7-6-18-12(20)11(19-17)9-4-3-5-10(8-9)13(14,15)16/h6-7,9-11,19H,2-5,8,17H2,1H3. The first-order valence-electron chi connectivity index (χ1n) is 7.01. The van der Waals surface area contributed by atoms with Gasteiger partial charge in [0.2, 0.25) is 0 Å². The molecule has 1 aromatic rings. The van der Waals surface area contributed by atoms with Crippen molar-refractivity contribution in [2.75, 3.05) is 0 Å². The maximum atomic E-state index is 12.9. The van der Waals surface area contributed by atoms with E-state index >= 15 is 0 Å². The number of aromatic nitrogens is 2. The minimum Gasteiger partial charge on any atom is -0.334 e. The number of alkyl halides is 3. The van der Waals surface area contributed by atoms with Crippen molar-refractivity contribution < 1.29 is 13.2 Å². The van der Waals surface area contributed by atoms with Crippen LogP contribution in [-0.2, 0) is 6.54 Å². The normalized spacial score (nSPS) is 25.6. The number of rotatable bonds is 4. The molecule has 1 heterocycles. The Kier molecular flexibility index (Phi) is 4.70. The van der Waals surface area contributed by atoms with Crippen LogP contribution in [0.25, 0.3) is 0 Å². The quantitative estimate of drug-likeness (QED) is 0.662. The molecule has 0 saturated heterocycles. The molecular weight excluding hydrogens is 269 g/mol. The van der Waals surface area contributed by atoms with Gasteiger partial charge < -0.3 is 4.57 Å². The van der Waals surface area contributed by atoms with Gasteiger partial charge in [-0.3, -0.25) is 5.84 Å². The molecule has 3 atom stereocenters. The van der Waals surface area contributed by atoms with Crippen molar-refractivity contribution in [3.63, 3.8) is 0 Å². The van der Waals surface area contributed by atoms with Crippen molar-refractivity contribution in [3.05, 3.63) is 18.2 Å². The van der Waals surface area contributed by atoms with Crippen LogP contribution < -0.4 is 11.3 Å².